The number of phenolic OH excluding ortho intramolecular Hbond substituents is 1. The zero-order valence-corrected chi connectivity index (χ0v) is 44.9. The number of nitrogens with two attached hydrogens (primary N) is 1. The van der Waals surface area contributed by atoms with Gasteiger partial charge in [0, 0.05) is 101 Å². The second-order valence-corrected chi connectivity index (χ2v) is 21.7. The number of rotatable bonds is 18. The monoisotopic (exact) mass is 1060 g/mol. The number of amides is 2. The van der Waals surface area contributed by atoms with Gasteiger partial charge in [0.05, 0.1) is 46.2 Å². The minimum absolute atomic E-state index is 0.0521. The van der Waals surface area contributed by atoms with Crippen molar-refractivity contribution in [3.8, 4) is 45.2 Å². The first-order valence-electron chi connectivity index (χ1n) is 26.7. The number of hydrogen-bond acceptors (Lipinski definition) is 18. The van der Waals surface area contributed by atoms with E-state index in [2.05, 4.69) is 74.2 Å². The summed E-state index contributed by atoms with van der Waals surface area (Å²) in [7, 11) is 0. The molecular formula is C57H68N12O7S. The number of para-hydroxylation sites is 1. The highest BCUT2D eigenvalue weighted by Crippen LogP contribution is 2.40. The highest BCUT2D eigenvalue weighted by Gasteiger charge is 2.44. The summed E-state index contributed by atoms with van der Waals surface area (Å²) in [6.07, 6.45) is 3.28. The van der Waals surface area contributed by atoms with Crippen LogP contribution in [0.4, 0.5) is 17.2 Å². The number of carbonyl (C=O) groups is 2. The molecule has 0 radical (unpaired) electrons. The summed E-state index contributed by atoms with van der Waals surface area (Å²) >= 11 is 1.59. The van der Waals surface area contributed by atoms with Crippen LogP contribution < -0.4 is 25.6 Å². The smallest absolute Gasteiger partial charge is 0.254 e. The second-order valence-electron chi connectivity index (χ2n) is 20.8. The van der Waals surface area contributed by atoms with Crippen molar-refractivity contribution in [2.24, 2.45) is 5.92 Å². The molecule has 404 valence electrons. The lowest BCUT2D eigenvalue weighted by Gasteiger charge is -2.43. The van der Waals surface area contributed by atoms with Gasteiger partial charge in [0.2, 0.25) is 11.8 Å². The normalized spacial score (nSPS) is 20.5. The van der Waals surface area contributed by atoms with Gasteiger partial charge in [-0.2, -0.15) is 0 Å². The fourth-order valence-corrected chi connectivity index (χ4v) is 12.0. The zero-order chi connectivity index (χ0) is 53.6. The summed E-state index contributed by atoms with van der Waals surface area (Å²) < 4.78 is 17.7. The first-order valence-corrected chi connectivity index (χ1v) is 27.6. The molecule has 0 spiro atoms. The lowest BCUT2D eigenvalue weighted by Crippen LogP contribution is -2.54. The van der Waals surface area contributed by atoms with Crippen LogP contribution in [0, 0.1) is 24.7 Å². The van der Waals surface area contributed by atoms with Crippen molar-refractivity contribution in [1.29, 1.82) is 0 Å². The van der Waals surface area contributed by atoms with Gasteiger partial charge in [-0.1, -0.05) is 56.2 Å². The van der Waals surface area contributed by atoms with Crippen LogP contribution in [0.25, 0.3) is 21.7 Å². The molecule has 4 aromatic heterocycles. The van der Waals surface area contributed by atoms with Crippen LogP contribution in [0.5, 0.6) is 11.6 Å². The number of ether oxygens (including phenoxy) is 2. The number of anilines is 3. The average molecular weight is 1070 g/mol. The molecule has 2 bridgehead atoms. The van der Waals surface area contributed by atoms with E-state index in [1.54, 1.807) is 29.5 Å². The number of aliphatic hydroxyl groups excluding tert-OH is 1. The molecule has 4 saturated heterocycles. The van der Waals surface area contributed by atoms with Gasteiger partial charge >= 0.3 is 0 Å². The Bertz CT molecular complexity index is 3050. The van der Waals surface area contributed by atoms with Gasteiger partial charge in [-0.05, 0) is 85.1 Å². The van der Waals surface area contributed by atoms with Crippen molar-refractivity contribution in [2.75, 3.05) is 94.3 Å². The maximum Gasteiger partial charge on any atom is 0.254 e. The van der Waals surface area contributed by atoms with E-state index in [1.807, 2.05) is 81.9 Å². The number of benzene rings is 2. The number of aromatic nitrogens is 5. The third-order valence-corrected chi connectivity index (χ3v) is 16.3. The Kier molecular flexibility index (Phi) is 16.6. The number of β-amino-alcohol motifs (C(OH)–C–C–N with tert-alkyl or cyclic N) is 1. The summed E-state index contributed by atoms with van der Waals surface area (Å²) in [4.78, 5) is 49.0. The van der Waals surface area contributed by atoms with Crippen molar-refractivity contribution >= 4 is 40.3 Å². The van der Waals surface area contributed by atoms with Crippen LogP contribution in [0.2, 0.25) is 0 Å². The third kappa shape index (κ3) is 12.3. The molecule has 8 heterocycles. The molecule has 5 N–H and O–H groups in total. The molecule has 2 aromatic carbocycles. The summed E-state index contributed by atoms with van der Waals surface area (Å²) in [5, 5.41) is 36.9. The fourth-order valence-electron chi connectivity index (χ4n) is 11.2. The molecule has 2 unspecified atom stereocenters. The number of likely N-dealkylation sites (tertiary alicyclic amines) is 1. The van der Waals surface area contributed by atoms with E-state index in [-0.39, 0.29) is 54.6 Å². The molecular weight excluding hydrogens is 997 g/mol. The topological polar surface area (TPSA) is 225 Å². The highest BCUT2D eigenvalue weighted by molar-refractivity contribution is 7.13. The number of aryl methyl sites for hydroxylation is 1. The summed E-state index contributed by atoms with van der Waals surface area (Å²) in [6.45, 7) is 15.8. The van der Waals surface area contributed by atoms with Crippen LogP contribution in [0.1, 0.15) is 74.7 Å². The van der Waals surface area contributed by atoms with E-state index in [0.29, 0.717) is 60.8 Å². The van der Waals surface area contributed by atoms with Gasteiger partial charge in [0.1, 0.15) is 36.6 Å². The second kappa shape index (κ2) is 24.0. The Labute approximate surface area is 453 Å². The van der Waals surface area contributed by atoms with E-state index in [4.69, 9.17) is 19.7 Å². The Morgan fingerprint density at radius 2 is 1.66 bits per heavy atom. The van der Waals surface area contributed by atoms with Crippen LogP contribution in [-0.2, 0) is 14.3 Å². The summed E-state index contributed by atoms with van der Waals surface area (Å²) in [5.41, 5.74) is 15.0. The summed E-state index contributed by atoms with van der Waals surface area (Å²) in [5.74, 6) is 6.06. The van der Waals surface area contributed by atoms with Crippen molar-refractivity contribution in [1.82, 2.24) is 45.3 Å². The largest absolute Gasteiger partial charge is 0.507 e. The molecule has 4 aliphatic rings. The number of nitrogen functional groups attached to an aromatic ring is 1. The Morgan fingerprint density at radius 1 is 0.922 bits per heavy atom. The Hall–Kier alpha value is -7.15. The maximum absolute atomic E-state index is 14.2. The predicted octanol–water partition coefficient (Wildman–Crippen LogP) is 5.75. The van der Waals surface area contributed by atoms with Crippen LogP contribution in [-0.4, -0.2) is 165 Å². The minimum atomic E-state index is -0.830. The fraction of sp³-hybridized carbons (Fsp3) is 0.456. The average Bonchev–Trinajstić information content (AvgIpc) is 4.35. The molecule has 6 atom stereocenters. The van der Waals surface area contributed by atoms with Crippen LogP contribution >= 0.6 is 11.3 Å². The highest BCUT2D eigenvalue weighted by atomic mass is 32.1. The van der Waals surface area contributed by atoms with Crippen LogP contribution in [0.15, 0.2) is 89.0 Å². The van der Waals surface area contributed by atoms with Gasteiger partial charge in [-0.3, -0.25) is 19.4 Å². The third-order valence-electron chi connectivity index (χ3n) is 15.3. The van der Waals surface area contributed by atoms with Gasteiger partial charge in [-0.25, -0.2) is 9.97 Å². The molecule has 10 rings (SSSR count). The number of pyridine rings is 1. The number of thiazole rings is 1. The molecule has 0 saturated carbocycles. The zero-order valence-electron chi connectivity index (χ0n) is 44.1. The number of nitrogens with zero attached hydrogens (tertiary/aromatic N) is 10. The van der Waals surface area contributed by atoms with Crippen molar-refractivity contribution in [3.05, 3.63) is 107 Å². The van der Waals surface area contributed by atoms with Crippen LogP contribution in [0.3, 0.4) is 0 Å². The molecule has 6 aromatic rings. The number of aliphatic hydroxyl groups is 1. The van der Waals surface area contributed by atoms with E-state index in [0.717, 1.165) is 91.7 Å². The van der Waals surface area contributed by atoms with Gasteiger partial charge in [0.25, 0.3) is 5.88 Å². The van der Waals surface area contributed by atoms with Crippen molar-refractivity contribution < 1.29 is 33.8 Å². The first-order chi connectivity index (χ1) is 37.4. The first kappa shape index (κ1) is 53.3. The predicted molar refractivity (Wildman–Crippen MR) is 294 cm³/mol. The molecule has 4 aliphatic heterocycles. The SMILES string of the molecule is Cc1ncsc1-c1ccc([C@H](C)NC(=O)[C@@H]2C[C@@H](O)CN2C(=O)[C@@H](c2cc(OCCN3CCN(CCOCC#Cc4cc(N5C6CCC5CN(c5cc(-c7ccccc7O)nnc5N)C6)ccn4)CC3)no2)C(C)C)cc1. The lowest BCUT2D eigenvalue weighted by molar-refractivity contribution is -0.141. The maximum atomic E-state index is 14.2. The Balaban J connectivity index is 0.631. The van der Waals surface area contributed by atoms with Gasteiger partial charge < -0.3 is 50.0 Å². The molecule has 19 nitrogen and oxygen atoms in total. The quantitative estimate of drug-likeness (QED) is 0.0594. The number of carbonyl (C=O) groups excluding carboxylic acids is 2. The van der Waals surface area contributed by atoms with Crippen molar-refractivity contribution in [3.63, 3.8) is 0 Å². The van der Waals surface area contributed by atoms with Gasteiger partial charge in [-0.15, -0.1) is 21.5 Å². The Morgan fingerprint density at radius 3 is 2.38 bits per heavy atom. The number of fused-ring (bicyclic) bond motifs is 2. The van der Waals surface area contributed by atoms with Crippen molar-refractivity contribution in [2.45, 2.75) is 83.1 Å². The standard InChI is InChI=1S/C57H68N12O7S/c1-36(2)53(57(73)68-34-45(70)29-49(68)56(72)61-37(3)39-11-13-40(14-12-39)54-38(4)60-35-77-54)51-31-52(64-76-51)75-27-24-66-21-19-65(20-22-66)23-26-74-25-7-8-41-28-42(17-18-59-41)69-43-15-16-44(69)33-67(32-43)48-30-47(62-63-55(48)58)46-9-5-6-10-50(46)71/h5-6,9-14,17-18,28,30-31,35-37,43-45,49,53,70-71H,15-16,19-27,29,32-34H2,1-4H3,(H2,58,63)(H,61,72)/t37-,43?,44?,45+,49-,53+/m0/s1. The number of phenols is 1. The molecule has 4 fully saturated rings. The number of piperazine rings is 2. The van der Waals surface area contributed by atoms with Gasteiger partial charge in [0.15, 0.2) is 11.6 Å². The number of aromatic hydroxyl groups is 1. The number of hydrogen-bond donors (Lipinski definition) is 4. The van der Waals surface area contributed by atoms with E-state index in [1.165, 1.54) is 4.90 Å². The lowest BCUT2D eigenvalue weighted by atomic mass is 9.91. The summed E-state index contributed by atoms with van der Waals surface area (Å²) in [6, 6.07) is 22.3. The molecule has 77 heavy (non-hydrogen) atoms. The molecule has 0 aliphatic carbocycles. The molecule has 2 amide bonds. The number of nitrogens with one attached hydrogen (secondary N) is 1. The van der Waals surface area contributed by atoms with E-state index in [9.17, 15) is 19.8 Å². The molecule has 20 heteroatoms. The van der Waals surface area contributed by atoms with E-state index >= 15 is 0 Å². The van der Waals surface area contributed by atoms with E-state index < -0.39 is 18.1 Å². The minimum Gasteiger partial charge on any atom is -0.507 e.